The molecule has 344 valence electrons. The summed E-state index contributed by atoms with van der Waals surface area (Å²) in [6.07, 6.45) is 38.2. The molecule has 0 aliphatic heterocycles. The zero-order valence-electron chi connectivity index (χ0n) is 38.5. The number of ether oxygens (including phenoxy) is 1. The van der Waals surface area contributed by atoms with Crippen molar-refractivity contribution in [3.8, 4) is 0 Å². The van der Waals surface area contributed by atoms with Crippen LogP contribution in [0.4, 0.5) is 0 Å². The van der Waals surface area contributed by atoms with E-state index in [1.54, 1.807) is 0 Å². The van der Waals surface area contributed by atoms with Crippen LogP contribution in [0.25, 0.3) is 0 Å². The molecule has 4 rings (SSSR count). The van der Waals surface area contributed by atoms with Crippen molar-refractivity contribution in [3.05, 3.63) is 0 Å². The third-order valence-corrected chi connectivity index (χ3v) is 17.5. The smallest absolute Gasteiger partial charge is 0.306 e. The molecule has 4 saturated carbocycles. The number of carbonyl (C=O) groups excluding carboxylic acids is 2. The predicted molar refractivity (Wildman–Crippen MR) is 242 cm³/mol. The minimum Gasteiger partial charge on any atom is -0.462 e. The molecule has 0 heterocycles. The topological polar surface area (TPSA) is 130 Å². The first kappa shape index (κ1) is 50.5. The molecule has 0 aromatic heterocycles. The molecule has 0 aromatic carbocycles. The number of nitrogens with one attached hydrogen (secondary N) is 1. The Balaban J connectivity index is 1.04. The summed E-state index contributed by atoms with van der Waals surface area (Å²) in [4.78, 5) is 25.4. The highest BCUT2D eigenvalue weighted by Crippen LogP contribution is 2.68. The molecule has 10 atom stereocenters. The molecule has 0 radical (unpaired) electrons. The van der Waals surface area contributed by atoms with E-state index in [0.717, 1.165) is 51.4 Å². The van der Waals surface area contributed by atoms with Crippen molar-refractivity contribution < 1.29 is 32.4 Å². The lowest BCUT2D eigenvalue weighted by atomic mass is 9.43. The summed E-state index contributed by atoms with van der Waals surface area (Å²) in [6.45, 7) is 9.23. The highest BCUT2D eigenvalue weighted by Gasteiger charge is 2.63. The van der Waals surface area contributed by atoms with E-state index >= 15 is 0 Å². The summed E-state index contributed by atoms with van der Waals surface area (Å²) in [5.74, 6) is 2.06. The van der Waals surface area contributed by atoms with Crippen molar-refractivity contribution in [1.82, 2.24) is 5.32 Å². The molecule has 4 aliphatic carbocycles. The molecular formula is C50H91NO7S. The van der Waals surface area contributed by atoms with Gasteiger partial charge in [-0.1, -0.05) is 156 Å². The fraction of sp³-hybridized carbons (Fsp3) is 0.960. The van der Waals surface area contributed by atoms with Gasteiger partial charge in [0.1, 0.15) is 6.10 Å². The quantitative estimate of drug-likeness (QED) is 0.0373. The minimum absolute atomic E-state index is 0.00403. The highest BCUT2D eigenvalue weighted by molar-refractivity contribution is 7.85. The van der Waals surface area contributed by atoms with Gasteiger partial charge in [0.25, 0.3) is 10.1 Å². The van der Waals surface area contributed by atoms with Crippen LogP contribution >= 0.6 is 0 Å². The summed E-state index contributed by atoms with van der Waals surface area (Å²) in [5, 5.41) is 14.6. The van der Waals surface area contributed by atoms with Crippen LogP contribution in [-0.4, -0.2) is 54.5 Å². The van der Waals surface area contributed by atoms with Crippen LogP contribution in [0, 0.1) is 46.3 Å². The van der Waals surface area contributed by atoms with Gasteiger partial charge in [0.2, 0.25) is 5.91 Å². The SMILES string of the molecule is CCCCCCCCCCCCCCCCCCCCCCCC(=O)OC1CCC2(C)C(CCC3C2CC(O)C2(C)C(C(C)CCC(=O)NCCS(=O)(=O)O)CCC32)C1. The van der Waals surface area contributed by atoms with Gasteiger partial charge in [-0.15, -0.1) is 0 Å². The number of hydrogen-bond acceptors (Lipinski definition) is 6. The van der Waals surface area contributed by atoms with E-state index in [9.17, 15) is 23.1 Å². The van der Waals surface area contributed by atoms with Gasteiger partial charge in [0, 0.05) is 19.4 Å². The maximum absolute atomic E-state index is 12.9. The van der Waals surface area contributed by atoms with E-state index in [1.165, 1.54) is 135 Å². The number of hydrogen-bond donors (Lipinski definition) is 3. The Morgan fingerprint density at radius 3 is 1.80 bits per heavy atom. The van der Waals surface area contributed by atoms with Crippen LogP contribution in [0.1, 0.15) is 233 Å². The lowest BCUT2D eigenvalue weighted by Gasteiger charge is -2.62. The van der Waals surface area contributed by atoms with E-state index in [2.05, 4.69) is 33.0 Å². The Labute approximate surface area is 362 Å². The van der Waals surface area contributed by atoms with Crippen molar-refractivity contribution in [2.75, 3.05) is 12.3 Å². The van der Waals surface area contributed by atoms with Crippen molar-refractivity contribution >= 4 is 22.0 Å². The van der Waals surface area contributed by atoms with Crippen LogP contribution < -0.4 is 5.32 Å². The van der Waals surface area contributed by atoms with Gasteiger partial charge in [-0.05, 0) is 111 Å². The van der Waals surface area contributed by atoms with Crippen LogP contribution in [0.5, 0.6) is 0 Å². The fourth-order valence-corrected chi connectivity index (χ4v) is 13.5. The number of esters is 1. The average Bonchev–Trinajstić information content (AvgIpc) is 3.56. The summed E-state index contributed by atoms with van der Waals surface area (Å²) >= 11 is 0. The van der Waals surface area contributed by atoms with Gasteiger partial charge < -0.3 is 15.2 Å². The maximum atomic E-state index is 12.9. The zero-order valence-corrected chi connectivity index (χ0v) is 39.3. The second kappa shape index (κ2) is 25.8. The van der Waals surface area contributed by atoms with E-state index in [4.69, 9.17) is 9.29 Å². The van der Waals surface area contributed by atoms with Gasteiger partial charge in [-0.2, -0.15) is 8.42 Å². The summed E-state index contributed by atoms with van der Waals surface area (Å²) in [7, 11) is -4.10. The van der Waals surface area contributed by atoms with Gasteiger partial charge in [0.05, 0.1) is 11.9 Å². The van der Waals surface area contributed by atoms with E-state index in [-0.39, 0.29) is 47.4 Å². The van der Waals surface area contributed by atoms with Gasteiger partial charge >= 0.3 is 5.97 Å². The second-order valence-electron chi connectivity index (χ2n) is 20.8. The first-order chi connectivity index (χ1) is 28.3. The van der Waals surface area contributed by atoms with Crippen molar-refractivity contribution in [1.29, 1.82) is 0 Å². The van der Waals surface area contributed by atoms with Crippen molar-refractivity contribution in [2.24, 2.45) is 46.3 Å². The van der Waals surface area contributed by atoms with Crippen LogP contribution in [0.3, 0.4) is 0 Å². The third-order valence-electron chi connectivity index (χ3n) is 16.8. The Hall–Kier alpha value is -1.19. The standard InChI is InChI=1S/C50H91NO7S/c1-5-6-7-8-9-10-11-12-13-14-15-16-17-18-19-20-21-22-23-24-25-26-48(54)58-41-33-34-49(3)40(37-41)28-29-42-44-31-30-43(50(44,4)46(52)38-45(42)49)39(2)27-32-47(53)51-35-36-59(55,56)57/h39-46,52H,5-38H2,1-4H3,(H,51,53)(H,55,56,57). The molecule has 1 amide bonds. The molecule has 9 heteroatoms. The highest BCUT2D eigenvalue weighted by atomic mass is 32.2. The molecule has 0 bridgehead atoms. The molecule has 0 spiro atoms. The summed E-state index contributed by atoms with van der Waals surface area (Å²) < 4.78 is 37.1. The largest absolute Gasteiger partial charge is 0.462 e. The zero-order chi connectivity index (χ0) is 42.7. The first-order valence-electron chi connectivity index (χ1n) is 25.4. The Bertz CT molecular complexity index is 1320. The molecule has 59 heavy (non-hydrogen) atoms. The number of aliphatic hydroxyl groups excluding tert-OH is 1. The fourth-order valence-electron chi connectivity index (χ4n) is 13.2. The Kier molecular flexibility index (Phi) is 22.1. The van der Waals surface area contributed by atoms with E-state index < -0.39 is 15.9 Å². The Morgan fingerprint density at radius 2 is 1.25 bits per heavy atom. The minimum atomic E-state index is -4.10. The molecule has 4 aliphatic rings. The summed E-state index contributed by atoms with van der Waals surface area (Å²) in [5.41, 5.74) is 0.00782. The normalized spacial score (nSPS) is 30.9. The van der Waals surface area contributed by atoms with Gasteiger partial charge in [0.15, 0.2) is 0 Å². The van der Waals surface area contributed by atoms with E-state index in [0.29, 0.717) is 48.9 Å². The molecule has 10 unspecified atom stereocenters. The number of unbranched alkanes of at least 4 members (excludes halogenated alkanes) is 20. The van der Waals surface area contributed by atoms with Crippen LogP contribution in [0.15, 0.2) is 0 Å². The molecule has 8 nitrogen and oxygen atoms in total. The average molecular weight is 850 g/mol. The number of fused-ring (bicyclic) bond motifs is 5. The monoisotopic (exact) mass is 850 g/mol. The van der Waals surface area contributed by atoms with Crippen LogP contribution in [-0.2, 0) is 24.4 Å². The van der Waals surface area contributed by atoms with Gasteiger partial charge in [-0.25, -0.2) is 0 Å². The number of aliphatic hydroxyl groups is 1. The van der Waals surface area contributed by atoms with Crippen LogP contribution in [0.2, 0.25) is 0 Å². The second-order valence-corrected chi connectivity index (χ2v) is 22.4. The number of carbonyl (C=O) groups is 2. The predicted octanol–water partition coefficient (Wildman–Crippen LogP) is 12.6. The number of amides is 1. The first-order valence-corrected chi connectivity index (χ1v) is 27.0. The molecular weight excluding hydrogens is 759 g/mol. The molecule has 4 fully saturated rings. The summed E-state index contributed by atoms with van der Waals surface area (Å²) in [6, 6.07) is 0. The molecule has 3 N–H and O–H groups in total. The lowest BCUT2D eigenvalue weighted by Crippen LogP contribution is -2.59. The third kappa shape index (κ3) is 15.8. The molecule has 0 aromatic rings. The lowest BCUT2D eigenvalue weighted by molar-refractivity contribution is -0.181. The Morgan fingerprint density at radius 1 is 0.712 bits per heavy atom. The van der Waals surface area contributed by atoms with Gasteiger partial charge in [-0.3, -0.25) is 14.1 Å². The maximum Gasteiger partial charge on any atom is 0.306 e. The van der Waals surface area contributed by atoms with Crippen molar-refractivity contribution in [3.63, 3.8) is 0 Å². The van der Waals surface area contributed by atoms with E-state index in [1.807, 2.05) is 0 Å². The molecule has 0 saturated heterocycles. The van der Waals surface area contributed by atoms with Crippen molar-refractivity contribution in [2.45, 2.75) is 245 Å². The number of rotatable bonds is 30.